The Morgan fingerprint density at radius 1 is 0.318 bits per heavy atom. The Labute approximate surface area is 532 Å². The van der Waals surface area contributed by atoms with Crippen molar-refractivity contribution in [3.63, 3.8) is 0 Å². The fourth-order valence-corrected chi connectivity index (χ4v) is 12.5. The van der Waals surface area contributed by atoms with Gasteiger partial charge in [-0.3, -0.25) is 9.59 Å². The molecule has 0 spiro atoms. The van der Waals surface area contributed by atoms with Crippen LogP contribution in [0.1, 0.15) is 444 Å². The molecule has 6 heteroatoms. The van der Waals surface area contributed by atoms with E-state index in [1.165, 1.54) is 372 Å². The second kappa shape index (κ2) is 74.8. The Morgan fingerprint density at radius 2 is 0.553 bits per heavy atom. The van der Waals surface area contributed by atoms with Crippen LogP contribution in [0.15, 0.2) is 24.3 Å². The number of aliphatic hydroxyl groups is 2. The monoisotopic (exact) mass is 1200 g/mol. The molecule has 85 heavy (non-hydrogen) atoms. The molecule has 0 rings (SSSR count). The van der Waals surface area contributed by atoms with Crippen LogP contribution in [0.25, 0.3) is 0 Å². The smallest absolute Gasteiger partial charge is 0.305 e. The van der Waals surface area contributed by atoms with Crippen molar-refractivity contribution in [1.82, 2.24) is 5.32 Å². The number of hydrogen-bond donors (Lipinski definition) is 3. The highest BCUT2D eigenvalue weighted by Gasteiger charge is 2.20. The van der Waals surface area contributed by atoms with Crippen LogP contribution in [-0.2, 0) is 14.3 Å². The van der Waals surface area contributed by atoms with Crippen LogP contribution in [0.3, 0.4) is 0 Å². The lowest BCUT2D eigenvalue weighted by molar-refractivity contribution is -0.143. The van der Waals surface area contributed by atoms with Crippen LogP contribution in [0, 0.1) is 0 Å². The summed E-state index contributed by atoms with van der Waals surface area (Å²) in [6.45, 7) is 5.00. The second-order valence-electron chi connectivity index (χ2n) is 27.0. The normalized spacial score (nSPS) is 12.6. The second-order valence-corrected chi connectivity index (χ2v) is 27.0. The van der Waals surface area contributed by atoms with Crippen LogP contribution >= 0.6 is 0 Å². The van der Waals surface area contributed by atoms with Gasteiger partial charge in [-0.25, -0.2) is 0 Å². The largest absolute Gasteiger partial charge is 0.466 e. The highest BCUT2D eigenvalue weighted by molar-refractivity contribution is 5.76. The molecule has 6 nitrogen and oxygen atoms in total. The molecule has 3 N–H and O–H groups in total. The minimum Gasteiger partial charge on any atom is -0.466 e. The number of nitrogens with one attached hydrogen (secondary N) is 1. The molecule has 0 aromatic heterocycles. The molecule has 0 bridgehead atoms. The van der Waals surface area contributed by atoms with Gasteiger partial charge in [0.1, 0.15) is 0 Å². The first-order valence-corrected chi connectivity index (χ1v) is 39.1. The highest BCUT2D eigenvalue weighted by Crippen LogP contribution is 2.20. The van der Waals surface area contributed by atoms with Crippen LogP contribution < -0.4 is 5.32 Å². The molecule has 0 fully saturated rings. The number of unbranched alkanes of at least 4 members (excludes halogenated alkanes) is 59. The van der Waals surface area contributed by atoms with Gasteiger partial charge >= 0.3 is 5.97 Å². The van der Waals surface area contributed by atoms with Gasteiger partial charge in [0.15, 0.2) is 0 Å². The molecule has 0 aromatic rings. The maximum absolute atomic E-state index is 12.6. The molecule has 0 saturated carbocycles. The summed E-state index contributed by atoms with van der Waals surface area (Å²) >= 11 is 0. The Morgan fingerprint density at radius 3 is 0.835 bits per heavy atom. The summed E-state index contributed by atoms with van der Waals surface area (Å²) in [5, 5.41) is 23.5. The number of carbonyl (C=O) groups excluding carboxylic acids is 2. The van der Waals surface area contributed by atoms with Crippen molar-refractivity contribution in [2.45, 2.75) is 456 Å². The summed E-state index contributed by atoms with van der Waals surface area (Å²) in [6, 6.07) is -0.543. The number of ether oxygens (including phenoxy) is 1. The van der Waals surface area contributed by atoms with Crippen LogP contribution in [-0.4, -0.2) is 47.4 Å². The number of aliphatic hydroxyl groups excluding tert-OH is 2. The average Bonchev–Trinajstić information content (AvgIpc) is 3.51. The molecule has 504 valence electrons. The zero-order valence-electron chi connectivity index (χ0n) is 57.9. The van der Waals surface area contributed by atoms with Crippen molar-refractivity contribution in [3.8, 4) is 0 Å². The molecule has 2 unspecified atom stereocenters. The lowest BCUT2D eigenvalue weighted by atomic mass is 10.0. The fourth-order valence-electron chi connectivity index (χ4n) is 12.5. The Bertz CT molecular complexity index is 1330. The molecule has 0 saturated heterocycles. The first kappa shape index (κ1) is 83.3. The Balaban J connectivity index is 3.37. The van der Waals surface area contributed by atoms with E-state index in [0.29, 0.717) is 25.9 Å². The predicted molar refractivity (Wildman–Crippen MR) is 375 cm³/mol. The summed E-state index contributed by atoms with van der Waals surface area (Å²) in [7, 11) is 0. The van der Waals surface area contributed by atoms with E-state index in [2.05, 4.69) is 43.5 Å². The molecule has 0 heterocycles. The third-order valence-electron chi connectivity index (χ3n) is 18.5. The van der Waals surface area contributed by atoms with E-state index in [4.69, 9.17) is 4.74 Å². The van der Waals surface area contributed by atoms with Gasteiger partial charge in [0.05, 0.1) is 25.4 Å². The van der Waals surface area contributed by atoms with Crippen molar-refractivity contribution in [3.05, 3.63) is 24.3 Å². The van der Waals surface area contributed by atoms with E-state index in [1.54, 1.807) is 0 Å². The van der Waals surface area contributed by atoms with Crippen LogP contribution in [0.5, 0.6) is 0 Å². The highest BCUT2D eigenvalue weighted by atomic mass is 16.5. The van der Waals surface area contributed by atoms with E-state index in [0.717, 1.165) is 38.5 Å². The van der Waals surface area contributed by atoms with Crippen molar-refractivity contribution in [1.29, 1.82) is 0 Å². The van der Waals surface area contributed by atoms with Gasteiger partial charge in [-0.05, 0) is 77.0 Å². The lowest BCUT2D eigenvalue weighted by Gasteiger charge is -2.22. The average molecular weight is 1200 g/mol. The van der Waals surface area contributed by atoms with Crippen molar-refractivity contribution in [2.75, 3.05) is 13.2 Å². The topological polar surface area (TPSA) is 95.9 Å². The molecule has 1 amide bonds. The quantitative estimate of drug-likeness (QED) is 0.0320. The molecule has 0 radical (unpaired) electrons. The predicted octanol–water partition coefficient (Wildman–Crippen LogP) is 25.7. The Hall–Kier alpha value is -1.66. The molecule has 0 aliphatic rings. The van der Waals surface area contributed by atoms with E-state index >= 15 is 0 Å². The van der Waals surface area contributed by atoms with Gasteiger partial charge in [0, 0.05) is 12.8 Å². The summed E-state index contributed by atoms with van der Waals surface area (Å²) in [5.74, 6) is -0.0147. The van der Waals surface area contributed by atoms with Gasteiger partial charge in [-0.1, -0.05) is 378 Å². The van der Waals surface area contributed by atoms with Gasteiger partial charge in [0.2, 0.25) is 5.91 Å². The molecule has 0 aromatic carbocycles. The summed E-state index contributed by atoms with van der Waals surface area (Å²) < 4.78 is 5.51. The third-order valence-corrected chi connectivity index (χ3v) is 18.5. The van der Waals surface area contributed by atoms with Crippen molar-refractivity contribution >= 4 is 11.9 Å². The zero-order chi connectivity index (χ0) is 61.3. The number of carbonyl (C=O) groups is 2. The summed E-state index contributed by atoms with van der Waals surface area (Å²) in [4.78, 5) is 24.7. The maximum Gasteiger partial charge on any atom is 0.305 e. The number of allylic oxidation sites excluding steroid dienone is 4. The first-order chi connectivity index (χ1) is 42.0. The van der Waals surface area contributed by atoms with Gasteiger partial charge in [0.25, 0.3) is 0 Å². The standard InChI is InChI=1S/C79H153NO5/c1-3-5-7-9-11-13-15-17-19-21-23-24-32-36-39-43-47-51-55-59-63-67-71-77(82)76(75-81)80-78(83)72-68-64-60-56-52-48-44-40-37-33-30-28-26-25-27-29-31-34-38-42-46-50-54-58-62-66-70-74-85-79(84)73-69-65-61-57-53-49-45-41-35-22-20-18-16-14-12-10-8-6-4-2/h18,20,25-26,76-77,81-82H,3-17,19,21-24,27-75H2,1-2H3,(H,80,83)/b20-18-,26-25-. The van der Waals surface area contributed by atoms with E-state index in [1.807, 2.05) is 0 Å². The number of rotatable bonds is 74. The van der Waals surface area contributed by atoms with E-state index in [-0.39, 0.29) is 18.5 Å². The number of amides is 1. The Kier molecular flexibility index (Phi) is 73.3. The van der Waals surface area contributed by atoms with Crippen molar-refractivity contribution < 1.29 is 24.5 Å². The first-order valence-electron chi connectivity index (χ1n) is 39.1. The molecule has 2 atom stereocenters. The zero-order valence-corrected chi connectivity index (χ0v) is 57.9. The summed E-state index contributed by atoms with van der Waals surface area (Å²) in [5.41, 5.74) is 0. The van der Waals surface area contributed by atoms with Gasteiger partial charge < -0.3 is 20.3 Å². The van der Waals surface area contributed by atoms with E-state index < -0.39 is 12.1 Å². The minimum atomic E-state index is -0.666. The number of hydrogen-bond acceptors (Lipinski definition) is 5. The van der Waals surface area contributed by atoms with Crippen LogP contribution in [0.2, 0.25) is 0 Å². The third kappa shape index (κ3) is 71.3. The van der Waals surface area contributed by atoms with Gasteiger partial charge in [-0.2, -0.15) is 0 Å². The lowest BCUT2D eigenvalue weighted by Crippen LogP contribution is -2.45. The number of esters is 1. The SMILES string of the molecule is CCCCCCCC/C=C\CCCCCCCCCCCC(=O)OCCCCCCCCCCCCCC/C=C\CCCCCCCCCCCCCC(=O)NC(CO)C(O)CCCCCCCCCCCCCCCCCCCCCCCC. The minimum absolute atomic E-state index is 0.0159. The maximum atomic E-state index is 12.6. The summed E-state index contributed by atoms with van der Waals surface area (Å²) in [6.07, 6.45) is 95.4. The van der Waals surface area contributed by atoms with Crippen LogP contribution in [0.4, 0.5) is 0 Å². The molecular formula is C79H153NO5. The molecular weight excluding hydrogens is 1040 g/mol. The molecule has 0 aliphatic carbocycles. The molecule has 0 aliphatic heterocycles. The fraction of sp³-hybridized carbons (Fsp3) is 0.924. The van der Waals surface area contributed by atoms with Crippen molar-refractivity contribution in [2.24, 2.45) is 0 Å². The van der Waals surface area contributed by atoms with E-state index in [9.17, 15) is 19.8 Å². The van der Waals surface area contributed by atoms with Gasteiger partial charge in [-0.15, -0.1) is 0 Å².